The molecular formula is C13H17N3O5S. The highest BCUT2D eigenvalue weighted by atomic mass is 32.2. The molecule has 0 saturated carbocycles. The third-order valence-electron chi connectivity index (χ3n) is 3.12. The van der Waals surface area contributed by atoms with Crippen LogP contribution < -0.4 is 19.7 Å². The van der Waals surface area contributed by atoms with Gasteiger partial charge in [-0.15, -0.1) is 0 Å². The summed E-state index contributed by atoms with van der Waals surface area (Å²) >= 11 is 0. The number of nitrogens with zero attached hydrogens (tertiary/aromatic N) is 1. The molecular weight excluding hydrogens is 310 g/mol. The second-order valence-corrected chi connectivity index (χ2v) is 6.52. The van der Waals surface area contributed by atoms with Crippen LogP contribution in [-0.4, -0.2) is 47.0 Å². The van der Waals surface area contributed by atoms with Gasteiger partial charge < -0.3 is 15.0 Å². The maximum atomic E-state index is 12.2. The highest BCUT2D eigenvalue weighted by Crippen LogP contribution is 2.33. The molecule has 2 amide bonds. The number of rotatable bonds is 5. The van der Waals surface area contributed by atoms with Crippen LogP contribution in [0.4, 0.5) is 5.69 Å². The summed E-state index contributed by atoms with van der Waals surface area (Å²) in [6.07, 6.45) is 0. The summed E-state index contributed by atoms with van der Waals surface area (Å²) in [5.41, 5.74) is 0.404. The fourth-order valence-electron chi connectivity index (χ4n) is 1.93. The average Bonchev–Trinajstić information content (AvgIpc) is 2.47. The van der Waals surface area contributed by atoms with E-state index in [1.165, 1.54) is 30.0 Å². The third kappa shape index (κ3) is 3.55. The first-order valence-electron chi connectivity index (χ1n) is 6.59. The molecule has 1 aliphatic rings. The quantitative estimate of drug-likeness (QED) is 0.707. The van der Waals surface area contributed by atoms with Gasteiger partial charge >= 0.3 is 0 Å². The number of sulfonamides is 1. The largest absolute Gasteiger partial charge is 0.482 e. The van der Waals surface area contributed by atoms with Crippen molar-refractivity contribution in [3.05, 3.63) is 18.2 Å². The van der Waals surface area contributed by atoms with E-state index in [0.29, 0.717) is 11.4 Å². The molecule has 1 aromatic rings. The minimum atomic E-state index is -3.73. The summed E-state index contributed by atoms with van der Waals surface area (Å²) in [4.78, 5) is 23.7. The van der Waals surface area contributed by atoms with Gasteiger partial charge in [-0.1, -0.05) is 0 Å². The highest BCUT2D eigenvalue weighted by molar-refractivity contribution is 7.89. The van der Waals surface area contributed by atoms with Gasteiger partial charge in [0.25, 0.3) is 5.91 Å². The standard InChI is InChI=1S/C13H17N3O5S/c1-9(17)14-5-6-15-22(19,20)10-3-4-12-11(7-10)16(2)13(18)8-21-12/h3-4,7,15H,5-6,8H2,1-2H3,(H,14,17). The van der Waals surface area contributed by atoms with E-state index >= 15 is 0 Å². The Labute approximate surface area is 128 Å². The molecule has 1 aliphatic heterocycles. The van der Waals surface area contributed by atoms with Crippen molar-refractivity contribution in [1.29, 1.82) is 0 Å². The number of ether oxygens (including phenoxy) is 1. The van der Waals surface area contributed by atoms with Crippen LogP contribution in [0, 0.1) is 0 Å². The zero-order valence-electron chi connectivity index (χ0n) is 12.3. The Balaban J connectivity index is 2.15. The lowest BCUT2D eigenvalue weighted by molar-refractivity contribution is -0.121. The maximum Gasteiger partial charge on any atom is 0.264 e. The topological polar surface area (TPSA) is 105 Å². The number of anilines is 1. The van der Waals surface area contributed by atoms with Crippen molar-refractivity contribution in [1.82, 2.24) is 10.0 Å². The fourth-order valence-corrected chi connectivity index (χ4v) is 2.98. The summed E-state index contributed by atoms with van der Waals surface area (Å²) in [5, 5.41) is 2.49. The van der Waals surface area contributed by atoms with E-state index in [9.17, 15) is 18.0 Å². The second-order valence-electron chi connectivity index (χ2n) is 4.75. The molecule has 0 unspecified atom stereocenters. The monoisotopic (exact) mass is 327 g/mol. The molecule has 2 N–H and O–H groups in total. The molecule has 0 bridgehead atoms. The molecule has 0 saturated heterocycles. The Hall–Kier alpha value is -2.13. The maximum absolute atomic E-state index is 12.2. The minimum Gasteiger partial charge on any atom is -0.482 e. The fraction of sp³-hybridized carbons (Fsp3) is 0.385. The first-order valence-corrected chi connectivity index (χ1v) is 8.07. The van der Waals surface area contributed by atoms with Gasteiger partial charge in [0.2, 0.25) is 15.9 Å². The van der Waals surface area contributed by atoms with Gasteiger partial charge in [-0.2, -0.15) is 0 Å². The lowest BCUT2D eigenvalue weighted by Crippen LogP contribution is -2.36. The zero-order valence-corrected chi connectivity index (χ0v) is 13.1. The van der Waals surface area contributed by atoms with Crippen molar-refractivity contribution in [2.75, 3.05) is 31.6 Å². The Bertz CT molecular complexity index is 702. The molecule has 8 nitrogen and oxygen atoms in total. The average molecular weight is 327 g/mol. The Morgan fingerprint density at radius 1 is 1.36 bits per heavy atom. The molecule has 0 spiro atoms. The van der Waals surface area contributed by atoms with E-state index < -0.39 is 10.0 Å². The van der Waals surface area contributed by atoms with Crippen LogP contribution in [0.25, 0.3) is 0 Å². The molecule has 120 valence electrons. The summed E-state index contributed by atoms with van der Waals surface area (Å²) in [7, 11) is -2.17. The van der Waals surface area contributed by atoms with Gasteiger partial charge in [-0.3, -0.25) is 9.59 Å². The SMILES string of the molecule is CC(=O)NCCNS(=O)(=O)c1ccc2c(c1)N(C)C(=O)CO2. The van der Waals surface area contributed by atoms with Crippen LogP contribution in [-0.2, 0) is 19.6 Å². The lowest BCUT2D eigenvalue weighted by atomic mass is 10.2. The van der Waals surface area contributed by atoms with Crippen molar-refractivity contribution >= 4 is 27.5 Å². The summed E-state index contributed by atoms with van der Waals surface area (Å²) in [6, 6.07) is 4.30. The Morgan fingerprint density at radius 2 is 2.09 bits per heavy atom. The van der Waals surface area contributed by atoms with Gasteiger partial charge in [-0.05, 0) is 18.2 Å². The number of likely N-dealkylation sites (N-methyl/N-ethyl adjacent to an activating group) is 1. The summed E-state index contributed by atoms with van der Waals surface area (Å²) in [5.74, 6) is -0.0229. The van der Waals surface area contributed by atoms with Crippen molar-refractivity contribution in [2.45, 2.75) is 11.8 Å². The van der Waals surface area contributed by atoms with Gasteiger partial charge in [0, 0.05) is 27.1 Å². The van der Waals surface area contributed by atoms with Crippen molar-refractivity contribution < 1.29 is 22.7 Å². The summed E-state index contributed by atoms with van der Waals surface area (Å²) in [6.45, 7) is 1.56. The molecule has 1 heterocycles. The van der Waals surface area contributed by atoms with Crippen molar-refractivity contribution in [3.8, 4) is 5.75 Å². The first-order chi connectivity index (χ1) is 10.3. The molecule has 2 rings (SSSR count). The third-order valence-corrected chi connectivity index (χ3v) is 4.58. The van der Waals surface area contributed by atoms with E-state index in [0.717, 1.165) is 0 Å². The predicted octanol–water partition coefficient (Wildman–Crippen LogP) is -0.544. The van der Waals surface area contributed by atoms with Crippen molar-refractivity contribution in [3.63, 3.8) is 0 Å². The van der Waals surface area contributed by atoms with Crippen LogP contribution >= 0.6 is 0 Å². The zero-order chi connectivity index (χ0) is 16.3. The first kappa shape index (κ1) is 16.2. The molecule has 1 aromatic carbocycles. The number of carbonyl (C=O) groups excluding carboxylic acids is 2. The Morgan fingerprint density at radius 3 is 2.77 bits per heavy atom. The molecule has 0 aromatic heterocycles. The Kier molecular flexibility index (Phi) is 4.67. The van der Waals surface area contributed by atoms with E-state index in [1.807, 2.05) is 0 Å². The number of amides is 2. The molecule has 0 fully saturated rings. The molecule has 22 heavy (non-hydrogen) atoms. The number of carbonyl (C=O) groups is 2. The number of hydrogen-bond donors (Lipinski definition) is 2. The van der Waals surface area contributed by atoms with Crippen LogP contribution in [0.3, 0.4) is 0 Å². The summed E-state index contributed by atoms with van der Waals surface area (Å²) < 4.78 is 32.0. The smallest absolute Gasteiger partial charge is 0.264 e. The van der Waals surface area contributed by atoms with Gasteiger partial charge in [0.15, 0.2) is 6.61 Å². The van der Waals surface area contributed by atoms with Gasteiger partial charge in [0.1, 0.15) is 5.75 Å². The lowest BCUT2D eigenvalue weighted by Gasteiger charge is -2.26. The van der Waals surface area contributed by atoms with Crippen LogP contribution in [0.1, 0.15) is 6.92 Å². The van der Waals surface area contributed by atoms with E-state index in [-0.39, 0.29) is 36.4 Å². The van der Waals surface area contributed by atoms with E-state index in [1.54, 1.807) is 7.05 Å². The number of benzene rings is 1. The number of fused-ring (bicyclic) bond motifs is 1. The van der Waals surface area contributed by atoms with Gasteiger partial charge in [0.05, 0.1) is 10.6 Å². The van der Waals surface area contributed by atoms with E-state index in [4.69, 9.17) is 4.74 Å². The van der Waals surface area contributed by atoms with Crippen LogP contribution in [0.5, 0.6) is 5.75 Å². The molecule has 0 aliphatic carbocycles. The minimum absolute atomic E-state index is 0.0271. The second kappa shape index (κ2) is 6.32. The normalized spacial score (nSPS) is 14.3. The van der Waals surface area contributed by atoms with Crippen LogP contribution in [0.2, 0.25) is 0 Å². The van der Waals surface area contributed by atoms with E-state index in [2.05, 4.69) is 10.0 Å². The molecule has 0 radical (unpaired) electrons. The number of hydrogen-bond acceptors (Lipinski definition) is 5. The highest BCUT2D eigenvalue weighted by Gasteiger charge is 2.24. The van der Waals surface area contributed by atoms with Gasteiger partial charge in [-0.25, -0.2) is 13.1 Å². The molecule has 0 atom stereocenters. The number of nitrogens with one attached hydrogen (secondary N) is 2. The van der Waals surface area contributed by atoms with Crippen molar-refractivity contribution in [2.24, 2.45) is 0 Å². The predicted molar refractivity (Wildman–Crippen MR) is 79.2 cm³/mol. The van der Waals surface area contributed by atoms with Crippen LogP contribution in [0.15, 0.2) is 23.1 Å². The molecule has 9 heteroatoms.